The largest absolute Gasteiger partial charge is 0.381 e. The first-order chi connectivity index (χ1) is 9.87. The Labute approximate surface area is 124 Å². The number of hydrogen-bond donors (Lipinski definition) is 3. The molecule has 2 aromatic rings. The Hall–Kier alpha value is -2.06. The SMILES string of the molecule is CCc1nn(C)cc1CNc1cccc(NS(N)(=O)=O)c1. The second kappa shape index (κ2) is 6.15. The average Bonchev–Trinajstić information content (AvgIpc) is 2.75. The van der Waals surface area contributed by atoms with E-state index in [1.165, 1.54) is 0 Å². The van der Waals surface area contributed by atoms with Crippen LogP contribution in [0.5, 0.6) is 0 Å². The molecular weight excluding hydrogens is 290 g/mol. The maximum absolute atomic E-state index is 11.0. The van der Waals surface area contributed by atoms with Gasteiger partial charge in [-0.2, -0.15) is 13.5 Å². The fraction of sp³-hybridized carbons (Fsp3) is 0.308. The summed E-state index contributed by atoms with van der Waals surface area (Å²) >= 11 is 0. The summed E-state index contributed by atoms with van der Waals surface area (Å²) in [4.78, 5) is 0. The molecule has 1 aromatic heterocycles. The zero-order chi connectivity index (χ0) is 15.5. The zero-order valence-electron chi connectivity index (χ0n) is 12.0. The van der Waals surface area contributed by atoms with Crippen LogP contribution in [-0.2, 0) is 30.2 Å². The molecule has 114 valence electrons. The van der Waals surface area contributed by atoms with Gasteiger partial charge in [0.15, 0.2) is 0 Å². The van der Waals surface area contributed by atoms with E-state index < -0.39 is 10.2 Å². The van der Waals surface area contributed by atoms with Crippen molar-refractivity contribution in [2.75, 3.05) is 10.0 Å². The number of benzene rings is 1. The van der Waals surface area contributed by atoms with Crippen LogP contribution in [0.25, 0.3) is 0 Å². The van der Waals surface area contributed by atoms with E-state index in [-0.39, 0.29) is 0 Å². The number of anilines is 2. The van der Waals surface area contributed by atoms with Crippen molar-refractivity contribution in [1.82, 2.24) is 9.78 Å². The van der Waals surface area contributed by atoms with E-state index in [1.54, 1.807) is 22.9 Å². The summed E-state index contributed by atoms with van der Waals surface area (Å²) in [6, 6.07) is 6.93. The molecule has 2 rings (SSSR count). The molecule has 7 nitrogen and oxygen atoms in total. The van der Waals surface area contributed by atoms with E-state index in [9.17, 15) is 8.42 Å². The van der Waals surface area contributed by atoms with Crippen LogP contribution in [0.4, 0.5) is 11.4 Å². The number of hydrogen-bond acceptors (Lipinski definition) is 4. The van der Waals surface area contributed by atoms with Crippen LogP contribution in [0, 0.1) is 0 Å². The molecule has 0 amide bonds. The summed E-state index contributed by atoms with van der Waals surface area (Å²) < 4.78 is 26.1. The van der Waals surface area contributed by atoms with Gasteiger partial charge in [-0.25, -0.2) is 5.14 Å². The minimum Gasteiger partial charge on any atom is -0.381 e. The van der Waals surface area contributed by atoms with Gasteiger partial charge in [-0.3, -0.25) is 9.40 Å². The molecule has 0 spiro atoms. The summed E-state index contributed by atoms with van der Waals surface area (Å²) in [5.74, 6) is 0. The van der Waals surface area contributed by atoms with E-state index in [0.717, 1.165) is 23.4 Å². The highest BCUT2D eigenvalue weighted by molar-refractivity contribution is 7.90. The fourth-order valence-electron chi connectivity index (χ4n) is 2.08. The van der Waals surface area contributed by atoms with Gasteiger partial charge in [0.25, 0.3) is 10.2 Å². The molecule has 0 fully saturated rings. The number of aryl methyl sites for hydroxylation is 2. The molecule has 0 unspecified atom stereocenters. The number of rotatable bonds is 6. The van der Waals surface area contributed by atoms with Gasteiger partial charge in [0.05, 0.1) is 11.4 Å². The molecule has 0 aliphatic carbocycles. The summed E-state index contributed by atoms with van der Waals surface area (Å²) in [7, 11) is -1.87. The molecule has 1 aromatic carbocycles. The monoisotopic (exact) mass is 309 g/mol. The first kappa shape index (κ1) is 15.3. The van der Waals surface area contributed by atoms with Gasteiger partial charge in [-0.1, -0.05) is 13.0 Å². The predicted octanol–water partition coefficient (Wildman–Crippen LogP) is 1.21. The smallest absolute Gasteiger partial charge is 0.296 e. The second-order valence-corrected chi connectivity index (χ2v) is 6.00. The Bertz CT molecular complexity index is 724. The molecule has 0 aliphatic heterocycles. The minimum atomic E-state index is -3.76. The van der Waals surface area contributed by atoms with Crippen LogP contribution in [0.1, 0.15) is 18.2 Å². The lowest BCUT2D eigenvalue weighted by atomic mass is 10.2. The third-order valence-corrected chi connectivity index (χ3v) is 3.45. The van der Waals surface area contributed by atoms with Gasteiger partial charge >= 0.3 is 0 Å². The Morgan fingerprint density at radius 3 is 2.71 bits per heavy atom. The van der Waals surface area contributed by atoms with E-state index in [1.807, 2.05) is 19.3 Å². The van der Waals surface area contributed by atoms with Crippen molar-refractivity contribution >= 4 is 21.6 Å². The Morgan fingerprint density at radius 1 is 1.33 bits per heavy atom. The van der Waals surface area contributed by atoms with Gasteiger partial charge in [-0.05, 0) is 24.6 Å². The van der Waals surface area contributed by atoms with E-state index >= 15 is 0 Å². The lowest BCUT2D eigenvalue weighted by molar-refractivity contribution is 0.603. The van der Waals surface area contributed by atoms with Crippen molar-refractivity contribution in [3.63, 3.8) is 0 Å². The minimum absolute atomic E-state index is 0.421. The molecule has 0 radical (unpaired) electrons. The summed E-state index contributed by atoms with van der Waals surface area (Å²) in [5, 5.41) is 12.6. The first-order valence-electron chi connectivity index (χ1n) is 6.53. The van der Waals surface area contributed by atoms with Gasteiger partial charge in [0.1, 0.15) is 0 Å². The quantitative estimate of drug-likeness (QED) is 0.746. The molecule has 0 aliphatic rings. The highest BCUT2D eigenvalue weighted by atomic mass is 32.2. The average molecular weight is 309 g/mol. The van der Waals surface area contributed by atoms with Crippen molar-refractivity contribution in [1.29, 1.82) is 0 Å². The van der Waals surface area contributed by atoms with Gasteiger partial charge in [0.2, 0.25) is 0 Å². The van der Waals surface area contributed by atoms with Crippen molar-refractivity contribution in [2.45, 2.75) is 19.9 Å². The Balaban J connectivity index is 2.08. The molecule has 8 heteroatoms. The summed E-state index contributed by atoms with van der Waals surface area (Å²) in [5.41, 5.74) is 3.38. The molecule has 1 heterocycles. The molecule has 0 saturated heterocycles. The van der Waals surface area contributed by atoms with Gasteiger partial charge in [0, 0.05) is 31.0 Å². The molecular formula is C13H19N5O2S. The van der Waals surface area contributed by atoms with Crippen LogP contribution in [0.2, 0.25) is 0 Å². The van der Waals surface area contributed by atoms with Crippen molar-refractivity contribution in [3.8, 4) is 0 Å². The third kappa shape index (κ3) is 4.47. The maximum Gasteiger partial charge on any atom is 0.296 e. The van der Waals surface area contributed by atoms with Crippen LogP contribution < -0.4 is 15.2 Å². The van der Waals surface area contributed by atoms with E-state index in [2.05, 4.69) is 22.1 Å². The highest BCUT2D eigenvalue weighted by Crippen LogP contribution is 2.17. The molecule has 0 saturated carbocycles. The Kier molecular flexibility index (Phi) is 4.49. The normalized spacial score (nSPS) is 11.4. The van der Waals surface area contributed by atoms with Gasteiger partial charge in [-0.15, -0.1) is 0 Å². The first-order valence-corrected chi connectivity index (χ1v) is 8.08. The lowest BCUT2D eigenvalue weighted by Gasteiger charge is -2.09. The van der Waals surface area contributed by atoms with Crippen LogP contribution in [-0.4, -0.2) is 18.2 Å². The number of nitrogens with zero attached hydrogens (tertiary/aromatic N) is 2. The van der Waals surface area contributed by atoms with Crippen LogP contribution in [0.15, 0.2) is 30.5 Å². The predicted molar refractivity (Wildman–Crippen MR) is 83.1 cm³/mol. The number of nitrogens with two attached hydrogens (primary N) is 1. The molecule has 0 bridgehead atoms. The third-order valence-electron chi connectivity index (χ3n) is 2.93. The maximum atomic E-state index is 11.0. The van der Waals surface area contributed by atoms with Crippen molar-refractivity contribution < 1.29 is 8.42 Å². The molecule has 4 N–H and O–H groups in total. The zero-order valence-corrected chi connectivity index (χ0v) is 12.8. The van der Waals surface area contributed by atoms with Crippen LogP contribution >= 0.6 is 0 Å². The van der Waals surface area contributed by atoms with E-state index in [4.69, 9.17) is 5.14 Å². The van der Waals surface area contributed by atoms with Gasteiger partial charge < -0.3 is 5.32 Å². The fourth-order valence-corrected chi connectivity index (χ4v) is 2.54. The van der Waals surface area contributed by atoms with Crippen LogP contribution in [0.3, 0.4) is 0 Å². The van der Waals surface area contributed by atoms with E-state index in [0.29, 0.717) is 12.2 Å². The summed E-state index contributed by atoms with van der Waals surface area (Å²) in [6.07, 6.45) is 2.84. The standard InChI is InChI=1S/C13H19N5O2S/c1-3-13-10(9-18(2)16-13)8-15-11-5-4-6-12(7-11)17-21(14,19)20/h4-7,9,15,17H,3,8H2,1-2H3,(H2,14,19,20). The highest BCUT2D eigenvalue weighted by Gasteiger charge is 2.06. The topological polar surface area (TPSA) is 102 Å². The van der Waals surface area contributed by atoms with Crippen molar-refractivity contribution in [2.24, 2.45) is 12.2 Å². The summed E-state index contributed by atoms with van der Waals surface area (Å²) in [6.45, 7) is 2.68. The molecule has 0 atom stereocenters. The Morgan fingerprint density at radius 2 is 2.05 bits per heavy atom. The number of nitrogens with one attached hydrogen (secondary N) is 2. The molecule has 21 heavy (non-hydrogen) atoms. The van der Waals surface area contributed by atoms with Crippen molar-refractivity contribution in [3.05, 3.63) is 41.7 Å². The number of aromatic nitrogens is 2. The lowest BCUT2D eigenvalue weighted by Crippen LogP contribution is -2.21. The second-order valence-electron chi connectivity index (χ2n) is 4.71.